The lowest BCUT2D eigenvalue weighted by molar-refractivity contribution is -0.156. The van der Waals surface area contributed by atoms with Gasteiger partial charge in [0.2, 0.25) is 0 Å². The summed E-state index contributed by atoms with van der Waals surface area (Å²) in [6.07, 6.45) is 0.384. The van der Waals surface area contributed by atoms with Gasteiger partial charge in [-0.2, -0.15) is 0 Å². The van der Waals surface area contributed by atoms with Crippen LogP contribution in [0.2, 0.25) is 0 Å². The highest BCUT2D eigenvalue weighted by molar-refractivity contribution is 5.76. The molecular weight excluding hydrogens is 258 g/mol. The van der Waals surface area contributed by atoms with Crippen LogP contribution in [0.25, 0.3) is 0 Å². The Morgan fingerprint density at radius 3 is 2.30 bits per heavy atom. The lowest BCUT2D eigenvalue weighted by Gasteiger charge is -2.22. The smallest absolute Gasteiger partial charge is 0.323 e. The molecule has 0 aliphatic carbocycles. The Hall–Kier alpha value is -1.75. The number of carbonyl (C=O) groups is 1. The summed E-state index contributed by atoms with van der Waals surface area (Å²) in [4.78, 5) is 11.8. The molecule has 0 aliphatic heterocycles. The molecule has 1 atom stereocenters. The molecule has 1 rings (SSSR count). The molecule has 0 amide bonds. The van der Waals surface area contributed by atoms with Crippen LogP contribution in [-0.4, -0.2) is 31.8 Å². The molecule has 0 heterocycles. The van der Waals surface area contributed by atoms with E-state index in [1.165, 1.54) is 0 Å². The Labute approximate surface area is 120 Å². The maximum absolute atomic E-state index is 11.8. The topological polar surface area (TPSA) is 70.8 Å². The molecule has 0 bridgehead atoms. The number of rotatable bonds is 5. The number of nitrogens with two attached hydrogens (primary N) is 1. The molecular formula is C15H23NO4. The molecule has 0 unspecified atom stereocenters. The van der Waals surface area contributed by atoms with E-state index in [1.807, 2.05) is 32.9 Å². The maximum Gasteiger partial charge on any atom is 0.323 e. The average Bonchev–Trinajstić information content (AvgIpc) is 2.36. The van der Waals surface area contributed by atoms with Crippen molar-refractivity contribution in [3.8, 4) is 11.5 Å². The molecule has 0 fully saturated rings. The van der Waals surface area contributed by atoms with Crippen molar-refractivity contribution in [1.82, 2.24) is 0 Å². The van der Waals surface area contributed by atoms with Gasteiger partial charge < -0.3 is 19.9 Å². The molecule has 1 aromatic rings. The van der Waals surface area contributed by atoms with Crippen molar-refractivity contribution in [2.75, 3.05) is 14.2 Å². The predicted octanol–water partition coefficient (Wildman–Crippen LogP) is 1.92. The SMILES string of the molecule is COc1ccc(C[C@@H](N)C(=O)OC(C)(C)C)cc1OC. The van der Waals surface area contributed by atoms with Crippen molar-refractivity contribution in [2.45, 2.75) is 38.8 Å². The number of esters is 1. The lowest BCUT2D eigenvalue weighted by Crippen LogP contribution is -2.38. The van der Waals surface area contributed by atoms with Gasteiger partial charge in [0, 0.05) is 0 Å². The molecule has 5 heteroatoms. The standard InChI is InChI=1S/C15H23NO4/c1-15(2,3)20-14(17)11(16)8-10-6-7-12(18-4)13(9-10)19-5/h6-7,9,11H,8,16H2,1-5H3/t11-/m1/s1. The van der Waals surface area contributed by atoms with Gasteiger partial charge >= 0.3 is 5.97 Å². The summed E-state index contributed by atoms with van der Waals surface area (Å²) in [5.74, 6) is 0.843. The number of hydrogen-bond donors (Lipinski definition) is 1. The summed E-state index contributed by atoms with van der Waals surface area (Å²) in [6.45, 7) is 5.44. The fourth-order valence-electron chi connectivity index (χ4n) is 1.72. The van der Waals surface area contributed by atoms with Crippen LogP contribution in [0.1, 0.15) is 26.3 Å². The first-order valence-corrected chi connectivity index (χ1v) is 6.46. The molecule has 0 aromatic heterocycles. The Bertz CT molecular complexity index is 465. The Morgan fingerprint density at radius 2 is 1.80 bits per heavy atom. The zero-order chi connectivity index (χ0) is 15.3. The van der Waals surface area contributed by atoms with E-state index in [0.29, 0.717) is 17.9 Å². The van der Waals surface area contributed by atoms with E-state index >= 15 is 0 Å². The predicted molar refractivity (Wildman–Crippen MR) is 77.1 cm³/mol. The third kappa shape index (κ3) is 4.74. The van der Waals surface area contributed by atoms with Crippen molar-refractivity contribution < 1.29 is 19.0 Å². The van der Waals surface area contributed by atoms with Gasteiger partial charge in [0.25, 0.3) is 0 Å². The van der Waals surface area contributed by atoms with E-state index in [-0.39, 0.29) is 0 Å². The monoisotopic (exact) mass is 281 g/mol. The van der Waals surface area contributed by atoms with Crippen LogP contribution in [0.3, 0.4) is 0 Å². The molecule has 0 aliphatic rings. The number of methoxy groups -OCH3 is 2. The van der Waals surface area contributed by atoms with Gasteiger partial charge in [0.1, 0.15) is 11.6 Å². The summed E-state index contributed by atoms with van der Waals surface area (Å²) in [5.41, 5.74) is 6.23. The van der Waals surface area contributed by atoms with E-state index < -0.39 is 17.6 Å². The van der Waals surface area contributed by atoms with Gasteiger partial charge in [-0.1, -0.05) is 6.07 Å². The fourth-order valence-corrected chi connectivity index (χ4v) is 1.72. The van der Waals surface area contributed by atoms with Crippen molar-refractivity contribution in [3.63, 3.8) is 0 Å². The number of hydrogen-bond acceptors (Lipinski definition) is 5. The third-order valence-electron chi connectivity index (χ3n) is 2.61. The minimum absolute atomic E-state index is 0.384. The second-order valence-corrected chi connectivity index (χ2v) is 5.53. The van der Waals surface area contributed by atoms with E-state index in [0.717, 1.165) is 5.56 Å². The molecule has 0 saturated heterocycles. The van der Waals surface area contributed by atoms with Crippen LogP contribution in [0.15, 0.2) is 18.2 Å². The normalized spacial score (nSPS) is 12.7. The van der Waals surface area contributed by atoms with Crippen molar-refractivity contribution in [2.24, 2.45) is 5.73 Å². The second-order valence-electron chi connectivity index (χ2n) is 5.53. The minimum atomic E-state index is -0.702. The van der Waals surface area contributed by atoms with Crippen LogP contribution in [0.5, 0.6) is 11.5 Å². The van der Waals surface area contributed by atoms with Gasteiger partial charge in [-0.15, -0.1) is 0 Å². The van der Waals surface area contributed by atoms with E-state index in [1.54, 1.807) is 20.3 Å². The number of carbonyl (C=O) groups excluding carboxylic acids is 1. The number of ether oxygens (including phenoxy) is 3. The summed E-state index contributed by atoms with van der Waals surface area (Å²) in [5, 5.41) is 0. The second kappa shape index (κ2) is 6.61. The van der Waals surface area contributed by atoms with Crippen molar-refractivity contribution >= 4 is 5.97 Å². The fraction of sp³-hybridized carbons (Fsp3) is 0.533. The van der Waals surface area contributed by atoms with Crippen LogP contribution in [-0.2, 0) is 16.0 Å². The summed E-state index contributed by atoms with van der Waals surface area (Å²) < 4.78 is 15.6. The first kappa shape index (κ1) is 16.3. The highest BCUT2D eigenvalue weighted by atomic mass is 16.6. The van der Waals surface area contributed by atoms with Crippen molar-refractivity contribution in [1.29, 1.82) is 0 Å². The molecule has 112 valence electrons. The van der Waals surface area contributed by atoms with Gasteiger partial charge in [-0.3, -0.25) is 4.79 Å². The van der Waals surface area contributed by atoms with Crippen LogP contribution >= 0.6 is 0 Å². The van der Waals surface area contributed by atoms with Crippen LogP contribution in [0, 0.1) is 0 Å². The van der Waals surface area contributed by atoms with E-state index in [4.69, 9.17) is 19.9 Å². The third-order valence-corrected chi connectivity index (χ3v) is 2.61. The van der Waals surface area contributed by atoms with Crippen LogP contribution in [0.4, 0.5) is 0 Å². The molecule has 0 saturated carbocycles. The summed E-state index contributed by atoms with van der Waals surface area (Å²) in [6, 6.07) is 4.75. The summed E-state index contributed by atoms with van der Waals surface area (Å²) in [7, 11) is 3.14. The molecule has 20 heavy (non-hydrogen) atoms. The van der Waals surface area contributed by atoms with Crippen molar-refractivity contribution in [3.05, 3.63) is 23.8 Å². The molecule has 5 nitrogen and oxygen atoms in total. The molecule has 0 spiro atoms. The first-order valence-electron chi connectivity index (χ1n) is 6.46. The maximum atomic E-state index is 11.8. The summed E-state index contributed by atoms with van der Waals surface area (Å²) >= 11 is 0. The lowest BCUT2D eigenvalue weighted by atomic mass is 10.1. The van der Waals surface area contributed by atoms with Gasteiger partial charge in [-0.05, 0) is 44.9 Å². The van der Waals surface area contributed by atoms with Gasteiger partial charge in [0.15, 0.2) is 11.5 Å². The highest BCUT2D eigenvalue weighted by Gasteiger charge is 2.22. The Morgan fingerprint density at radius 1 is 1.20 bits per heavy atom. The van der Waals surface area contributed by atoms with Crippen LogP contribution < -0.4 is 15.2 Å². The van der Waals surface area contributed by atoms with Gasteiger partial charge in [0.05, 0.1) is 14.2 Å². The first-order chi connectivity index (χ1) is 9.26. The zero-order valence-electron chi connectivity index (χ0n) is 12.7. The highest BCUT2D eigenvalue weighted by Crippen LogP contribution is 2.28. The largest absolute Gasteiger partial charge is 0.493 e. The van der Waals surface area contributed by atoms with E-state index in [2.05, 4.69) is 0 Å². The van der Waals surface area contributed by atoms with Gasteiger partial charge in [-0.25, -0.2) is 0 Å². The average molecular weight is 281 g/mol. The Balaban J connectivity index is 2.75. The Kier molecular flexibility index (Phi) is 5.39. The molecule has 1 aromatic carbocycles. The number of benzene rings is 1. The minimum Gasteiger partial charge on any atom is -0.493 e. The molecule has 0 radical (unpaired) electrons. The molecule has 2 N–H and O–H groups in total. The van der Waals surface area contributed by atoms with E-state index in [9.17, 15) is 4.79 Å². The quantitative estimate of drug-likeness (QED) is 0.835. The zero-order valence-corrected chi connectivity index (χ0v) is 12.7.